The smallest absolute Gasteiger partial charge is 0.315 e. The van der Waals surface area contributed by atoms with Crippen molar-refractivity contribution < 1.29 is 14.3 Å². The second-order valence-corrected chi connectivity index (χ2v) is 4.72. The Morgan fingerprint density at radius 2 is 2.11 bits per heavy atom. The molecule has 1 atom stereocenters. The highest BCUT2D eigenvalue weighted by Gasteiger charge is 2.15. The van der Waals surface area contributed by atoms with E-state index in [1.54, 1.807) is 6.54 Å². The van der Waals surface area contributed by atoms with E-state index in [0.717, 1.165) is 26.1 Å². The molecule has 0 aliphatic carbocycles. The van der Waals surface area contributed by atoms with Gasteiger partial charge in [-0.2, -0.15) is 0 Å². The Balaban J connectivity index is 2.07. The van der Waals surface area contributed by atoms with Crippen LogP contribution < -0.4 is 16.4 Å². The fourth-order valence-corrected chi connectivity index (χ4v) is 1.83. The summed E-state index contributed by atoms with van der Waals surface area (Å²) in [5, 5.41) is 5.42. The summed E-state index contributed by atoms with van der Waals surface area (Å²) in [6.45, 7) is 5.62. The van der Waals surface area contributed by atoms with Gasteiger partial charge < -0.3 is 21.1 Å². The van der Waals surface area contributed by atoms with E-state index in [4.69, 9.17) is 10.5 Å². The molecule has 1 saturated heterocycles. The van der Waals surface area contributed by atoms with Crippen LogP contribution in [0.4, 0.5) is 4.79 Å². The number of urea groups is 1. The molecule has 1 fully saturated rings. The average Bonchev–Trinajstić information content (AvgIpc) is 2.34. The van der Waals surface area contributed by atoms with Gasteiger partial charge in [-0.1, -0.05) is 6.92 Å². The summed E-state index contributed by atoms with van der Waals surface area (Å²) in [4.78, 5) is 22.1. The lowest BCUT2D eigenvalue weighted by Crippen LogP contribution is -2.39. The van der Waals surface area contributed by atoms with Crippen LogP contribution in [-0.4, -0.2) is 31.7 Å². The molecule has 0 spiro atoms. The third kappa shape index (κ3) is 6.44. The molecule has 0 aromatic rings. The first kappa shape index (κ1) is 14.8. The van der Waals surface area contributed by atoms with Gasteiger partial charge in [-0.15, -0.1) is 0 Å². The van der Waals surface area contributed by atoms with Gasteiger partial charge >= 0.3 is 6.03 Å². The Morgan fingerprint density at radius 1 is 1.44 bits per heavy atom. The third-order valence-electron chi connectivity index (χ3n) is 2.91. The van der Waals surface area contributed by atoms with Crippen molar-refractivity contribution in [3.63, 3.8) is 0 Å². The Hall–Kier alpha value is -1.30. The monoisotopic (exact) mass is 256 g/mol. The van der Waals surface area contributed by atoms with Crippen molar-refractivity contribution in [1.29, 1.82) is 0 Å². The van der Waals surface area contributed by atoms with Crippen molar-refractivity contribution in [2.45, 2.75) is 26.2 Å². The molecule has 0 aromatic carbocycles. The molecule has 1 heterocycles. The molecule has 18 heavy (non-hydrogen) atoms. The van der Waals surface area contributed by atoms with Crippen LogP contribution in [0, 0.1) is 18.4 Å². The van der Waals surface area contributed by atoms with Crippen molar-refractivity contribution in [2.24, 2.45) is 17.6 Å². The summed E-state index contributed by atoms with van der Waals surface area (Å²) < 4.78 is 5.24. The predicted molar refractivity (Wildman–Crippen MR) is 67.4 cm³/mol. The van der Waals surface area contributed by atoms with E-state index < -0.39 is 0 Å². The quantitative estimate of drug-likeness (QED) is 0.641. The SMILES string of the molecule is C[C@@H]([CH]NC(=O)NCC1CCOCC1)CC(N)=O. The van der Waals surface area contributed by atoms with Crippen molar-refractivity contribution in [3.8, 4) is 0 Å². The van der Waals surface area contributed by atoms with Crippen molar-refractivity contribution in [1.82, 2.24) is 10.6 Å². The second-order valence-electron chi connectivity index (χ2n) is 4.72. The second kappa shape index (κ2) is 7.92. The van der Waals surface area contributed by atoms with Gasteiger partial charge in [0.1, 0.15) is 0 Å². The molecule has 0 unspecified atom stereocenters. The van der Waals surface area contributed by atoms with Gasteiger partial charge in [0, 0.05) is 26.2 Å². The van der Waals surface area contributed by atoms with E-state index in [9.17, 15) is 9.59 Å². The highest BCUT2D eigenvalue weighted by atomic mass is 16.5. The minimum Gasteiger partial charge on any atom is -0.381 e. The summed E-state index contributed by atoms with van der Waals surface area (Å²) >= 11 is 0. The molecule has 0 bridgehead atoms. The van der Waals surface area contributed by atoms with E-state index in [0.29, 0.717) is 12.5 Å². The Bertz CT molecular complexity index is 278. The molecular weight excluding hydrogens is 234 g/mol. The van der Waals surface area contributed by atoms with Gasteiger partial charge in [0.25, 0.3) is 0 Å². The first-order valence-electron chi connectivity index (χ1n) is 6.31. The number of primary amides is 1. The van der Waals surface area contributed by atoms with Crippen molar-refractivity contribution in [2.75, 3.05) is 19.8 Å². The van der Waals surface area contributed by atoms with E-state index in [-0.39, 0.29) is 24.3 Å². The first-order chi connectivity index (χ1) is 8.58. The molecule has 6 heteroatoms. The molecule has 6 nitrogen and oxygen atoms in total. The summed E-state index contributed by atoms with van der Waals surface area (Å²) in [5.41, 5.74) is 5.06. The van der Waals surface area contributed by atoms with Crippen LogP contribution in [0.25, 0.3) is 0 Å². The molecule has 0 saturated carbocycles. The van der Waals surface area contributed by atoms with E-state index in [1.165, 1.54) is 0 Å². The highest BCUT2D eigenvalue weighted by molar-refractivity contribution is 5.75. The maximum atomic E-state index is 11.5. The van der Waals surface area contributed by atoms with Crippen LogP contribution in [0.1, 0.15) is 26.2 Å². The van der Waals surface area contributed by atoms with Crippen LogP contribution in [0.15, 0.2) is 0 Å². The van der Waals surface area contributed by atoms with Crippen LogP contribution in [-0.2, 0) is 9.53 Å². The van der Waals surface area contributed by atoms with E-state index in [1.807, 2.05) is 6.92 Å². The molecule has 0 aromatic heterocycles. The zero-order valence-corrected chi connectivity index (χ0v) is 10.8. The molecular formula is C12H22N3O3. The molecule has 3 amide bonds. The Morgan fingerprint density at radius 3 is 2.72 bits per heavy atom. The number of hydrogen-bond donors (Lipinski definition) is 3. The lowest BCUT2D eigenvalue weighted by atomic mass is 10.0. The molecule has 1 radical (unpaired) electrons. The predicted octanol–water partition coefficient (Wildman–Crippen LogP) is 0.385. The standard InChI is InChI=1S/C12H22N3O3/c1-9(6-11(13)16)7-14-12(17)15-8-10-2-4-18-5-3-10/h7,9-10H,2-6,8H2,1H3,(H2,13,16)(H2,14,15,17)/t9-/m1/s1. The van der Waals surface area contributed by atoms with Crippen LogP contribution in [0.5, 0.6) is 0 Å². The fraction of sp³-hybridized carbons (Fsp3) is 0.750. The largest absolute Gasteiger partial charge is 0.381 e. The maximum Gasteiger partial charge on any atom is 0.315 e. The topological polar surface area (TPSA) is 93.4 Å². The molecule has 103 valence electrons. The lowest BCUT2D eigenvalue weighted by Gasteiger charge is -2.22. The molecule has 1 aliphatic heterocycles. The summed E-state index contributed by atoms with van der Waals surface area (Å²) in [6.07, 6.45) is 2.21. The Kier molecular flexibility index (Phi) is 6.49. The first-order valence-corrected chi connectivity index (χ1v) is 6.31. The number of nitrogens with two attached hydrogens (primary N) is 1. The number of amides is 3. The number of hydrogen-bond acceptors (Lipinski definition) is 3. The lowest BCUT2D eigenvalue weighted by molar-refractivity contribution is -0.118. The van der Waals surface area contributed by atoms with Gasteiger partial charge in [-0.25, -0.2) is 4.79 Å². The van der Waals surface area contributed by atoms with E-state index >= 15 is 0 Å². The van der Waals surface area contributed by atoms with Gasteiger partial charge in [-0.3, -0.25) is 4.79 Å². The number of carbonyl (C=O) groups excluding carboxylic acids is 2. The average molecular weight is 256 g/mol. The molecule has 4 N–H and O–H groups in total. The summed E-state index contributed by atoms with van der Waals surface area (Å²) in [5.74, 6) is 0.0621. The number of carbonyl (C=O) groups is 2. The summed E-state index contributed by atoms with van der Waals surface area (Å²) in [6, 6.07) is -0.238. The summed E-state index contributed by atoms with van der Waals surface area (Å²) in [7, 11) is 0. The third-order valence-corrected chi connectivity index (χ3v) is 2.91. The minimum atomic E-state index is -0.372. The van der Waals surface area contributed by atoms with E-state index in [2.05, 4.69) is 10.6 Å². The Labute approximate surface area is 108 Å². The maximum absolute atomic E-state index is 11.5. The van der Waals surface area contributed by atoms with Crippen LogP contribution in [0.2, 0.25) is 0 Å². The van der Waals surface area contributed by atoms with Crippen molar-refractivity contribution >= 4 is 11.9 Å². The zero-order valence-electron chi connectivity index (χ0n) is 10.8. The van der Waals surface area contributed by atoms with Gasteiger partial charge in [0.15, 0.2) is 0 Å². The fourth-order valence-electron chi connectivity index (χ4n) is 1.83. The van der Waals surface area contributed by atoms with Crippen LogP contribution in [0.3, 0.4) is 0 Å². The van der Waals surface area contributed by atoms with Crippen LogP contribution >= 0.6 is 0 Å². The number of nitrogens with one attached hydrogen (secondary N) is 2. The minimum absolute atomic E-state index is 0.0590. The highest BCUT2D eigenvalue weighted by Crippen LogP contribution is 2.13. The van der Waals surface area contributed by atoms with Crippen molar-refractivity contribution in [3.05, 3.63) is 6.54 Å². The molecule has 1 rings (SSSR count). The van der Waals surface area contributed by atoms with Gasteiger partial charge in [0.05, 0.1) is 6.54 Å². The number of rotatable bonds is 6. The molecule has 1 aliphatic rings. The van der Waals surface area contributed by atoms with Gasteiger partial charge in [-0.05, 0) is 24.7 Å². The van der Waals surface area contributed by atoms with Gasteiger partial charge in [0.2, 0.25) is 5.91 Å². The normalized spacial score (nSPS) is 18.1. The number of ether oxygens (including phenoxy) is 1. The zero-order chi connectivity index (χ0) is 13.4.